The highest BCUT2D eigenvalue weighted by Gasteiger charge is 2.11. The number of esters is 1. The second kappa shape index (κ2) is 6.84. The minimum atomic E-state index is -0.380. The Labute approximate surface area is 118 Å². The molecule has 0 spiro atoms. The van der Waals surface area contributed by atoms with Gasteiger partial charge >= 0.3 is 5.97 Å². The lowest BCUT2D eigenvalue weighted by molar-refractivity contribution is -0.138. The maximum Gasteiger partial charge on any atom is 0.335 e. The Balaban J connectivity index is 1.95. The van der Waals surface area contributed by atoms with Crippen molar-refractivity contribution in [2.24, 2.45) is 0 Å². The summed E-state index contributed by atoms with van der Waals surface area (Å²) >= 11 is 0. The normalized spacial score (nSPS) is 13.2. The Morgan fingerprint density at radius 3 is 2.85 bits per heavy atom. The third-order valence-corrected chi connectivity index (χ3v) is 2.82. The first-order valence-electron chi connectivity index (χ1n) is 6.69. The first-order valence-corrected chi connectivity index (χ1v) is 6.69. The Morgan fingerprint density at radius 2 is 2.10 bits per heavy atom. The highest BCUT2D eigenvalue weighted by atomic mass is 16.5. The summed E-state index contributed by atoms with van der Waals surface area (Å²) in [7, 11) is 0. The summed E-state index contributed by atoms with van der Waals surface area (Å²) in [5.41, 5.74) is 1.23. The van der Waals surface area contributed by atoms with Gasteiger partial charge in [-0.15, -0.1) is 0 Å². The van der Waals surface area contributed by atoms with Gasteiger partial charge in [-0.2, -0.15) is 0 Å². The summed E-state index contributed by atoms with van der Waals surface area (Å²) in [6.07, 6.45) is 0.872. The molecule has 1 aliphatic rings. The van der Waals surface area contributed by atoms with Crippen molar-refractivity contribution in [2.75, 3.05) is 31.7 Å². The largest absolute Gasteiger partial charge is 0.490 e. The van der Waals surface area contributed by atoms with Crippen molar-refractivity contribution >= 4 is 11.7 Å². The molecule has 1 N–H and O–H groups in total. The topological polar surface area (TPSA) is 56.8 Å². The van der Waals surface area contributed by atoms with Gasteiger partial charge in [0.1, 0.15) is 0 Å². The third kappa shape index (κ3) is 3.66. The standard InChI is InChI=1S/C15H19NO4/c1-3-18-15(17)11(2)10-16-12-5-6-13-14(9-12)20-8-4-7-19-13/h5-6,9,16H,2-4,7-8,10H2,1H3. The van der Waals surface area contributed by atoms with E-state index >= 15 is 0 Å². The van der Waals surface area contributed by atoms with Crippen molar-refractivity contribution in [3.63, 3.8) is 0 Å². The number of hydrogen-bond acceptors (Lipinski definition) is 5. The lowest BCUT2D eigenvalue weighted by Gasteiger charge is -2.11. The van der Waals surface area contributed by atoms with Crippen LogP contribution in [0.15, 0.2) is 30.4 Å². The van der Waals surface area contributed by atoms with E-state index in [-0.39, 0.29) is 5.97 Å². The molecule has 1 heterocycles. The number of anilines is 1. The van der Waals surface area contributed by atoms with Gasteiger partial charge in [0, 0.05) is 30.3 Å². The number of nitrogens with one attached hydrogen (secondary N) is 1. The average molecular weight is 277 g/mol. The summed E-state index contributed by atoms with van der Waals surface area (Å²) in [6.45, 7) is 7.46. The number of hydrogen-bond donors (Lipinski definition) is 1. The van der Waals surface area contributed by atoms with Crippen molar-refractivity contribution in [3.05, 3.63) is 30.4 Å². The minimum Gasteiger partial charge on any atom is -0.490 e. The van der Waals surface area contributed by atoms with Crippen molar-refractivity contribution in [3.8, 4) is 11.5 Å². The molecular weight excluding hydrogens is 258 g/mol. The molecule has 0 amide bonds. The van der Waals surface area contributed by atoms with Gasteiger partial charge in [-0.25, -0.2) is 4.79 Å². The molecule has 0 bridgehead atoms. The highest BCUT2D eigenvalue weighted by molar-refractivity contribution is 5.88. The fourth-order valence-corrected chi connectivity index (χ4v) is 1.79. The van der Waals surface area contributed by atoms with E-state index < -0.39 is 0 Å². The summed E-state index contributed by atoms with van der Waals surface area (Å²) in [5.74, 6) is 1.08. The van der Waals surface area contributed by atoms with Crippen LogP contribution in [0.4, 0.5) is 5.69 Å². The van der Waals surface area contributed by atoms with Crippen molar-refractivity contribution in [1.82, 2.24) is 0 Å². The second-order valence-corrected chi connectivity index (χ2v) is 4.39. The SMILES string of the molecule is C=C(CNc1ccc2c(c1)OCCCO2)C(=O)OCC. The number of fused-ring (bicyclic) bond motifs is 1. The number of carbonyl (C=O) groups excluding carboxylic acids is 1. The van der Waals surface area contributed by atoms with E-state index in [1.165, 1.54) is 0 Å². The van der Waals surface area contributed by atoms with Crippen molar-refractivity contribution < 1.29 is 19.0 Å². The molecule has 2 rings (SSSR count). The monoisotopic (exact) mass is 277 g/mol. The molecule has 108 valence electrons. The van der Waals surface area contributed by atoms with Crippen LogP contribution < -0.4 is 14.8 Å². The molecule has 0 unspecified atom stereocenters. The molecule has 5 heteroatoms. The van der Waals surface area contributed by atoms with Gasteiger partial charge in [-0.05, 0) is 19.1 Å². The van der Waals surface area contributed by atoms with Crippen LogP contribution in [-0.2, 0) is 9.53 Å². The average Bonchev–Trinajstić information content (AvgIpc) is 2.69. The van der Waals surface area contributed by atoms with Crippen LogP contribution in [0.25, 0.3) is 0 Å². The van der Waals surface area contributed by atoms with Crippen LogP contribution in [0.5, 0.6) is 11.5 Å². The van der Waals surface area contributed by atoms with Crippen molar-refractivity contribution in [1.29, 1.82) is 0 Å². The molecule has 1 aromatic carbocycles. The molecule has 1 aliphatic heterocycles. The molecule has 0 aromatic heterocycles. The van der Waals surface area contributed by atoms with Gasteiger partial charge in [-0.1, -0.05) is 6.58 Å². The third-order valence-electron chi connectivity index (χ3n) is 2.82. The number of benzene rings is 1. The Morgan fingerprint density at radius 1 is 1.35 bits per heavy atom. The van der Waals surface area contributed by atoms with Crippen molar-refractivity contribution in [2.45, 2.75) is 13.3 Å². The smallest absolute Gasteiger partial charge is 0.335 e. The van der Waals surface area contributed by atoms with E-state index in [4.69, 9.17) is 14.2 Å². The van der Waals surface area contributed by atoms with Gasteiger partial charge < -0.3 is 19.5 Å². The summed E-state index contributed by atoms with van der Waals surface area (Å²) in [6, 6.07) is 5.60. The minimum absolute atomic E-state index is 0.332. The first-order chi connectivity index (χ1) is 9.70. The maximum absolute atomic E-state index is 11.4. The van der Waals surface area contributed by atoms with Gasteiger partial charge in [-0.3, -0.25) is 0 Å². The summed E-state index contributed by atoms with van der Waals surface area (Å²) in [4.78, 5) is 11.4. The van der Waals surface area contributed by atoms with E-state index in [1.807, 2.05) is 18.2 Å². The van der Waals surface area contributed by atoms with Gasteiger partial charge in [0.25, 0.3) is 0 Å². The fraction of sp³-hybridized carbons (Fsp3) is 0.400. The first kappa shape index (κ1) is 14.2. The van der Waals surface area contributed by atoms with Gasteiger partial charge in [0.2, 0.25) is 0 Å². The molecular formula is C15H19NO4. The summed E-state index contributed by atoms with van der Waals surface area (Å²) in [5, 5.41) is 3.12. The fourth-order valence-electron chi connectivity index (χ4n) is 1.79. The zero-order valence-corrected chi connectivity index (χ0v) is 11.6. The van der Waals surface area contributed by atoms with Crippen LogP contribution >= 0.6 is 0 Å². The molecule has 0 saturated heterocycles. The van der Waals surface area contributed by atoms with Crippen LogP contribution in [0.2, 0.25) is 0 Å². The van der Waals surface area contributed by atoms with Crippen LogP contribution in [-0.4, -0.2) is 32.3 Å². The van der Waals surface area contributed by atoms with E-state index in [0.717, 1.165) is 17.9 Å². The van der Waals surface area contributed by atoms with E-state index in [2.05, 4.69) is 11.9 Å². The van der Waals surface area contributed by atoms with Gasteiger partial charge in [0.15, 0.2) is 11.5 Å². The molecule has 1 aromatic rings. The second-order valence-electron chi connectivity index (χ2n) is 4.39. The Bertz CT molecular complexity index is 499. The molecule has 0 saturated carbocycles. The highest BCUT2D eigenvalue weighted by Crippen LogP contribution is 2.32. The van der Waals surface area contributed by atoms with E-state index in [1.54, 1.807) is 6.92 Å². The zero-order valence-electron chi connectivity index (χ0n) is 11.6. The Kier molecular flexibility index (Phi) is 4.87. The molecule has 0 fully saturated rings. The maximum atomic E-state index is 11.4. The lowest BCUT2D eigenvalue weighted by Crippen LogP contribution is -2.14. The van der Waals surface area contributed by atoms with E-state index in [9.17, 15) is 4.79 Å². The molecule has 0 aliphatic carbocycles. The van der Waals surface area contributed by atoms with Crippen LogP contribution in [0.3, 0.4) is 0 Å². The molecule has 0 atom stereocenters. The molecule has 5 nitrogen and oxygen atoms in total. The van der Waals surface area contributed by atoms with E-state index in [0.29, 0.717) is 37.7 Å². The van der Waals surface area contributed by atoms with Crippen LogP contribution in [0.1, 0.15) is 13.3 Å². The molecule has 20 heavy (non-hydrogen) atoms. The molecule has 0 radical (unpaired) electrons. The Hall–Kier alpha value is -2.17. The van der Waals surface area contributed by atoms with Gasteiger partial charge in [0.05, 0.1) is 19.8 Å². The lowest BCUT2D eigenvalue weighted by atomic mass is 10.2. The predicted molar refractivity (Wildman–Crippen MR) is 76.3 cm³/mol. The quantitative estimate of drug-likeness (QED) is 0.661. The summed E-state index contributed by atoms with van der Waals surface area (Å²) < 4.78 is 16.0. The number of rotatable bonds is 5. The zero-order chi connectivity index (χ0) is 14.4. The number of carbonyl (C=O) groups is 1. The predicted octanol–water partition coefficient (Wildman–Crippen LogP) is 2.38. The van der Waals surface area contributed by atoms with Crippen LogP contribution in [0, 0.1) is 0 Å². The number of ether oxygens (including phenoxy) is 3.